The molecule has 0 unspecified atom stereocenters. The first-order valence-corrected chi connectivity index (χ1v) is 6.36. The van der Waals surface area contributed by atoms with E-state index in [1.807, 2.05) is 30.3 Å². The number of aromatic nitrogens is 1. The number of carbonyl (C=O) groups excluding carboxylic acids is 1. The Labute approximate surface area is 122 Å². The quantitative estimate of drug-likeness (QED) is 0.841. The van der Waals surface area contributed by atoms with Gasteiger partial charge in [0.25, 0.3) is 0 Å². The monoisotopic (exact) mass is 282 g/mol. The maximum Gasteiger partial charge on any atom is 0.408 e. The summed E-state index contributed by atoms with van der Waals surface area (Å²) in [5, 5.41) is 2.53. The van der Waals surface area contributed by atoms with Gasteiger partial charge in [-0.1, -0.05) is 42.2 Å². The van der Waals surface area contributed by atoms with E-state index in [0.717, 1.165) is 5.56 Å². The van der Waals surface area contributed by atoms with E-state index in [1.54, 1.807) is 6.07 Å². The number of nitrogens with one attached hydrogen (secondary N) is 2. The average molecular weight is 282 g/mol. The Morgan fingerprint density at radius 2 is 2.00 bits per heavy atom. The lowest BCUT2D eigenvalue weighted by atomic mass is 10.2. The molecule has 2 N–H and O–H groups in total. The highest BCUT2D eigenvalue weighted by molar-refractivity contribution is 5.67. The lowest BCUT2D eigenvalue weighted by molar-refractivity contribution is 0.141. The molecule has 0 saturated carbocycles. The number of alkyl carbamates (subject to hydrolysis) is 1. The number of carbonyl (C=O) groups is 1. The van der Waals surface area contributed by atoms with E-state index >= 15 is 0 Å². The van der Waals surface area contributed by atoms with Crippen molar-refractivity contribution in [2.24, 2.45) is 0 Å². The first-order chi connectivity index (χ1) is 10.2. The standard InChI is InChI=1S/C16H14N2O3/c19-15-9-8-13(11-18-15)7-4-10-17-16(20)21-12-14-5-2-1-3-6-14/h1-3,5-6,8-9,11H,10,12H2,(H,17,20)(H,18,19). The highest BCUT2D eigenvalue weighted by atomic mass is 16.5. The predicted octanol–water partition coefficient (Wildman–Crippen LogP) is 1.65. The second kappa shape index (κ2) is 7.56. The van der Waals surface area contributed by atoms with Crippen LogP contribution in [-0.4, -0.2) is 17.6 Å². The van der Waals surface area contributed by atoms with Crippen molar-refractivity contribution in [3.63, 3.8) is 0 Å². The van der Waals surface area contributed by atoms with Crippen LogP contribution < -0.4 is 10.9 Å². The molecule has 5 nitrogen and oxygen atoms in total. The zero-order valence-corrected chi connectivity index (χ0v) is 11.3. The van der Waals surface area contributed by atoms with Gasteiger partial charge in [0, 0.05) is 17.8 Å². The zero-order valence-electron chi connectivity index (χ0n) is 11.3. The second-order valence-corrected chi connectivity index (χ2v) is 4.16. The van der Waals surface area contributed by atoms with Crippen molar-refractivity contribution >= 4 is 6.09 Å². The van der Waals surface area contributed by atoms with E-state index in [-0.39, 0.29) is 18.7 Å². The number of amides is 1. The summed E-state index contributed by atoms with van der Waals surface area (Å²) in [4.78, 5) is 24.8. The molecule has 0 spiro atoms. The molecule has 0 atom stereocenters. The molecular formula is C16H14N2O3. The molecule has 1 heterocycles. The summed E-state index contributed by atoms with van der Waals surface area (Å²) in [6, 6.07) is 12.4. The second-order valence-electron chi connectivity index (χ2n) is 4.16. The molecule has 2 rings (SSSR count). The van der Waals surface area contributed by atoms with Crippen LogP contribution in [0.4, 0.5) is 4.79 Å². The SMILES string of the molecule is O=C(NCC#Cc1ccc(=O)[nH]c1)OCc1ccccc1. The topological polar surface area (TPSA) is 71.2 Å². The highest BCUT2D eigenvalue weighted by Gasteiger charge is 1.99. The van der Waals surface area contributed by atoms with Gasteiger partial charge in [0.15, 0.2) is 0 Å². The summed E-state index contributed by atoms with van der Waals surface area (Å²) in [6.45, 7) is 0.396. The number of ether oxygens (including phenoxy) is 1. The molecule has 0 aliphatic carbocycles. The smallest absolute Gasteiger partial charge is 0.408 e. The van der Waals surface area contributed by atoms with Crippen LogP contribution in [0.15, 0.2) is 53.5 Å². The van der Waals surface area contributed by atoms with Crippen molar-refractivity contribution in [3.8, 4) is 11.8 Å². The largest absolute Gasteiger partial charge is 0.445 e. The summed E-state index contributed by atoms with van der Waals surface area (Å²) in [5.41, 5.74) is 1.42. The van der Waals surface area contributed by atoms with Gasteiger partial charge in [0.2, 0.25) is 5.56 Å². The Morgan fingerprint density at radius 1 is 1.19 bits per heavy atom. The van der Waals surface area contributed by atoms with Crippen molar-refractivity contribution in [2.75, 3.05) is 6.54 Å². The molecule has 2 aromatic rings. The van der Waals surface area contributed by atoms with Gasteiger partial charge in [-0.3, -0.25) is 4.79 Å². The van der Waals surface area contributed by atoms with Gasteiger partial charge in [-0.25, -0.2) is 4.79 Å². The number of hydrogen-bond donors (Lipinski definition) is 2. The maximum absolute atomic E-state index is 11.4. The fraction of sp³-hybridized carbons (Fsp3) is 0.125. The average Bonchev–Trinajstić information content (AvgIpc) is 2.52. The fourth-order valence-corrected chi connectivity index (χ4v) is 1.53. The van der Waals surface area contributed by atoms with Crippen LogP contribution in [0.5, 0.6) is 0 Å². The van der Waals surface area contributed by atoms with E-state index in [0.29, 0.717) is 5.56 Å². The molecule has 106 valence electrons. The molecule has 1 amide bonds. The van der Waals surface area contributed by atoms with Gasteiger partial charge in [0.05, 0.1) is 6.54 Å². The number of pyridine rings is 1. The minimum absolute atomic E-state index is 0.173. The summed E-state index contributed by atoms with van der Waals surface area (Å²) in [6.07, 6.45) is 0.998. The molecular weight excluding hydrogens is 268 g/mol. The first-order valence-electron chi connectivity index (χ1n) is 6.36. The summed E-state index contributed by atoms with van der Waals surface area (Å²) < 4.78 is 5.03. The van der Waals surface area contributed by atoms with Crippen LogP contribution in [0.3, 0.4) is 0 Å². The van der Waals surface area contributed by atoms with Crippen molar-refractivity contribution in [3.05, 3.63) is 70.1 Å². The minimum Gasteiger partial charge on any atom is -0.445 e. The molecule has 0 aliphatic rings. The number of rotatable bonds is 3. The minimum atomic E-state index is -0.519. The summed E-state index contributed by atoms with van der Waals surface area (Å²) >= 11 is 0. The van der Waals surface area contributed by atoms with Gasteiger partial charge >= 0.3 is 6.09 Å². The van der Waals surface area contributed by atoms with E-state index in [2.05, 4.69) is 22.1 Å². The van der Waals surface area contributed by atoms with Crippen molar-refractivity contribution < 1.29 is 9.53 Å². The normalized spacial score (nSPS) is 9.33. The number of hydrogen-bond acceptors (Lipinski definition) is 3. The van der Waals surface area contributed by atoms with Crippen molar-refractivity contribution in [1.82, 2.24) is 10.3 Å². The van der Waals surface area contributed by atoms with E-state index in [1.165, 1.54) is 12.3 Å². The molecule has 5 heteroatoms. The van der Waals surface area contributed by atoms with Crippen LogP contribution in [0.2, 0.25) is 0 Å². The van der Waals surface area contributed by atoms with Gasteiger partial charge < -0.3 is 15.0 Å². The van der Waals surface area contributed by atoms with E-state index < -0.39 is 6.09 Å². The third-order valence-electron chi connectivity index (χ3n) is 2.55. The molecule has 0 bridgehead atoms. The number of H-pyrrole nitrogens is 1. The van der Waals surface area contributed by atoms with Crippen molar-refractivity contribution in [2.45, 2.75) is 6.61 Å². The molecule has 0 fully saturated rings. The Morgan fingerprint density at radius 3 is 2.71 bits per heavy atom. The highest BCUT2D eigenvalue weighted by Crippen LogP contribution is 2.00. The van der Waals surface area contributed by atoms with Crippen LogP contribution in [0, 0.1) is 11.8 Å². The Kier molecular flexibility index (Phi) is 5.18. The summed E-state index contributed by atoms with van der Waals surface area (Å²) in [5.74, 6) is 5.58. The third kappa shape index (κ3) is 5.25. The Bertz CT molecular complexity index is 691. The maximum atomic E-state index is 11.4. The number of aromatic amines is 1. The van der Waals surface area contributed by atoms with Crippen LogP contribution >= 0.6 is 0 Å². The molecule has 1 aromatic heterocycles. The van der Waals surface area contributed by atoms with E-state index in [9.17, 15) is 9.59 Å². The molecule has 0 aliphatic heterocycles. The van der Waals surface area contributed by atoms with Gasteiger partial charge in [-0.05, 0) is 11.6 Å². The Hall–Kier alpha value is -3.00. The molecule has 1 aromatic carbocycles. The molecule has 0 radical (unpaired) electrons. The first kappa shape index (κ1) is 14.4. The van der Waals surface area contributed by atoms with Crippen LogP contribution in [0.1, 0.15) is 11.1 Å². The molecule has 0 saturated heterocycles. The van der Waals surface area contributed by atoms with Crippen LogP contribution in [-0.2, 0) is 11.3 Å². The van der Waals surface area contributed by atoms with Crippen LogP contribution in [0.25, 0.3) is 0 Å². The third-order valence-corrected chi connectivity index (χ3v) is 2.55. The number of benzene rings is 1. The lowest BCUT2D eigenvalue weighted by Gasteiger charge is -2.04. The fourth-order valence-electron chi connectivity index (χ4n) is 1.53. The predicted molar refractivity (Wildman–Crippen MR) is 78.6 cm³/mol. The lowest BCUT2D eigenvalue weighted by Crippen LogP contribution is -2.24. The van der Waals surface area contributed by atoms with E-state index in [4.69, 9.17) is 4.74 Å². The van der Waals surface area contributed by atoms with Gasteiger partial charge in [0.1, 0.15) is 6.61 Å². The van der Waals surface area contributed by atoms with Gasteiger partial charge in [-0.15, -0.1) is 0 Å². The summed E-state index contributed by atoms with van der Waals surface area (Å²) in [7, 11) is 0. The van der Waals surface area contributed by atoms with Gasteiger partial charge in [-0.2, -0.15) is 0 Å². The van der Waals surface area contributed by atoms with Crippen molar-refractivity contribution in [1.29, 1.82) is 0 Å². The molecule has 21 heavy (non-hydrogen) atoms. The zero-order chi connectivity index (χ0) is 14.9. The Balaban J connectivity index is 1.72.